The van der Waals surface area contributed by atoms with Crippen LogP contribution >= 0.6 is 34.9 Å². The molecule has 0 saturated heterocycles. The molecular formula is C10H11BN2O2S3. The summed E-state index contributed by atoms with van der Waals surface area (Å²) in [4.78, 5) is 0. The third kappa shape index (κ3) is 3.73. The maximum atomic E-state index is 9.09. The fourth-order valence-electron chi connectivity index (χ4n) is 1.33. The Kier molecular flexibility index (Phi) is 5.08. The van der Waals surface area contributed by atoms with Crippen molar-refractivity contribution in [2.24, 2.45) is 0 Å². The van der Waals surface area contributed by atoms with Crippen molar-refractivity contribution in [1.82, 2.24) is 10.2 Å². The summed E-state index contributed by atoms with van der Waals surface area (Å²) in [6, 6.07) is 7.25. The van der Waals surface area contributed by atoms with E-state index in [0.29, 0.717) is 5.46 Å². The van der Waals surface area contributed by atoms with E-state index in [-0.39, 0.29) is 0 Å². The molecule has 0 radical (unpaired) electrons. The lowest BCUT2D eigenvalue weighted by molar-refractivity contribution is 0.425. The number of hydrogen-bond acceptors (Lipinski definition) is 7. The summed E-state index contributed by atoms with van der Waals surface area (Å²) in [6.07, 6.45) is 1.97. The van der Waals surface area contributed by atoms with Crippen LogP contribution in [0.25, 0.3) is 0 Å². The molecule has 0 aliphatic heterocycles. The Labute approximate surface area is 118 Å². The van der Waals surface area contributed by atoms with E-state index < -0.39 is 7.12 Å². The van der Waals surface area contributed by atoms with Gasteiger partial charge in [0.1, 0.15) is 0 Å². The van der Waals surface area contributed by atoms with Gasteiger partial charge in [0.05, 0.1) is 0 Å². The summed E-state index contributed by atoms with van der Waals surface area (Å²) >= 11 is 4.75. The first-order valence-corrected chi connectivity index (χ1v) is 8.17. The van der Waals surface area contributed by atoms with Crippen LogP contribution in [0.4, 0.5) is 0 Å². The lowest BCUT2D eigenvalue weighted by Gasteiger charge is -2.02. The van der Waals surface area contributed by atoms with E-state index in [9.17, 15) is 0 Å². The third-order valence-corrected chi connectivity index (χ3v) is 5.28. The minimum Gasteiger partial charge on any atom is -0.423 e. The van der Waals surface area contributed by atoms with E-state index in [1.165, 1.54) is 0 Å². The molecule has 0 aliphatic carbocycles. The molecule has 1 heterocycles. The van der Waals surface area contributed by atoms with Crippen molar-refractivity contribution < 1.29 is 10.0 Å². The molecular weight excluding hydrogens is 287 g/mol. The maximum Gasteiger partial charge on any atom is 0.488 e. The van der Waals surface area contributed by atoms with Crippen molar-refractivity contribution in [3.63, 3.8) is 0 Å². The highest BCUT2D eigenvalue weighted by Crippen LogP contribution is 2.29. The Morgan fingerprint density at radius 3 is 2.72 bits per heavy atom. The van der Waals surface area contributed by atoms with E-state index >= 15 is 0 Å². The van der Waals surface area contributed by atoms with E-state index in [0.717, 1.165) is 20.0 Å². The number of hydrogen-bond donors (Lipinski definition) is 2. The van der Waals surface area contributed by atoms with Gasteiger partial charge in [-0.25, -0.2) is 0 Å². The van der Waals surface area contributed by atoms with Crippen molar-refractivity contribution in [1.29, 1.82) is 0 Å². The van der Waals surface area contributed by atoms with Gasteiger partial charge >= 0.3 is 7.12 Å². The molecule has 8 heteroatoms. The van der Waals surface area contributed by atoms with Crippen LogP contribution in [0, 0.1) is 0 Å². The summed E-state index contributed by atoms with van der Waals surface area (Å²) in [6.45, 7) is 0. The molecule has 18 heavy (non-hydrogen) atoms. The zero-order chi connectivity index (χ0) is 13.0. The van der Waals surface area contributed by atoms with Crippen molar-refractivity contribution in [3.05, 3.63) is 29.8 Å². The predicted molar refractivity (Wildman–Crippen MR) is 77.5 cm³/mol. The second-order valence-electron chi connectivity index (χ2n) is 3.45. The van der Waals surface area contributed by atoms with Crippen LogP contribution in [0.3, 0.4) is 0 Å². The van der Waals surface area contributed by atoms with Crippen LogP contribution in [-0.2, 0) is 5.75 Å². The van der Waals surface area contributed by atoms with Crippen molar-refractivity contribution >= 4 is 47.4 Å². The number of aromatic nitrogens is 2. The molecule has 0 spiro atoms. The number of thioether (sulfide) groups is 2. The Bertz CT molecular complexity index is 521. The molecule has 4 nitrogen and oxygen atoms in total. The number of benzene rings is 1. The first kappa shape index (κ1) is 13.9. The average molecular weight is 298 g/mol. The van der Waals surface area contributed by atoms with Gasteiger partial charge in [-0.3, -0.25) is 0 Å². The molecule has 0 bridgehead atoms. The average Bonchev–Trinajstić information content (AvgIpc) is 2.84. The van der Waals surface area contributed by atoms with Crippen molar-refractivity contribution in [3.8, 4) is 0 Å². The van der Waals surface area contributed by atoms with Crippen LogP contribution in [0.15, 0.2) is 32.9 Å². The van der Waals surface area contributed by atoms with Gasteiger partial charge in [-0.15, -0.1) is 10.2 Å². The van der Waals surface area contributed by atoms with Crippen LogP contribution in [0.1, 0.15) is 5.56 Å². The van der Waals surface area contributed by atoms with E-state index in [2.05, 4.69) is 10.2 Å². The topological polar surface area (TPSA) is 66.2 Å². The zero-order valence-electron chi connectivity index (χ0n) is 9.61. The molecule has 1 aromatic heterocycles. The molecule has 2 aromatic rings. The fraction of sp³-hybridized carbons (Fsp3) is 0.200. The molecule has 0 atom stereocenters. The summed E-state index contributed by atoms with van der Waals surface area (Å²) in [5, 5.41) is 26.3. The predicted octanol–water partition coefficient (Wildman–Crippen LogP) is 1.23. The SMILES string of the molecule is CSc1nnc(SCc2cccc(B(O)O)c2)s1. The van der Waals surface area contributed by atoms with Gasteiger partial charge in [-0.2, -0.15) is 0 Å². The quantitative estimate of drug-likeness (QED) is 0.639. The highest BCUT2D eigenvalue weighted by atomic mass is 32.2. The van der Waals surface area contributed by atoms with Crippen molar-refractivity contribution in [2.75, 3.05) is 6.26 Å². The molecule has 2 N–H and O–H groups in total. The molecule has 0 fully saturated rings. The second kappa shape index (κ2) is 6.58. The standard InChI is InChI=1S/C10H11BN2O2S3/c1-16-9-12-13-10(18-9)17-6-7-3-2-4-8(5-7)11(14)15/h2-5,14-15H,6H2,1H3. The summed E-state index contributed by atoms with van der Waals surface area (Å²) in [5.74, 6) is 0.740. The minimum atomic E-state index is -1.42. The summed E-state index contributed by atoms with van der Waals surface area (Å²) in [7, 11) is -1.42. The normalized spacial score (nSPS) is 10.6. The first-order valence-electron chi connectivity index (χ1n) is 5.14. The Balaban J connectivity index is 1.99. The highest BCUT2D eigenvalue weighted by molar-refractivity contribution is 8.02. The van der Waals surface area contributed by atoms with Gasteiger partial charge in [0.25, 0.3) is 0 Å². The highest BCUT2D eigenvalue weighted by Gasteiger charge is 2.11. The Hall–Kier alpha value is -0.535. The monoisotopic (exact) mass is 298 g/mol. The molecule has 0 saturated carbocycles. The van der Waals surface area contributed by atoms with Gasteiger partial charge in [0.2, 0.25) is 0 Å². The Morgan fingerprint density at radius 2 is 2.06 bits per heavy atom. The summed E-state index contributed by atoms with van der Waals surface area (Å²) < 4.78 is 1.88. The van der Waals surface area contributed by atoms with Gasteiger partial charge in [-0.05, 0) is 17.3 Å². The molecule has 0 aliphatic rings. The van der Waals surface area contributed by atoms with Gasteiger partial charge in [0.15, 0.2) is 8.68 Å². The van der Waals surface area contributed by atoms with Gasteiger partial charge < -0.3 is 10.0 Å². The van der Waals surface area contributed by atoms with E-state index in [4.69, 9.17) is 10.0 Å². The van der Waals surface area contributed by atoms with E-state index in [1.807, 2.05) is 18.4 Å². The third-order valence-electron chi connectivity index (χ3n) is 2.17. The smallest absolute Gasteiger partial charge is 0.423 e. The Morgan fingerprint density at radius 1 is 1.28 bits per heavy atom. The number of nitrogens with zero attached hydrogens (tertiary/aromatic N) is 2. The second-order valence-corrected chi connectivity index (χ2v) is 6.70. The lowest BCUT2D eigenvalue weighted by Crippen LogP contribution is -2.29. The van der Waals surface area contributed by atoms with E-state index in [1.54, 1.807) is 47.0 Å². The fourth-order valence-corrected chi connectivity index (χ4v) is 3.71. The largest absolute Gasteiger partial charge is 0.488 e. The molecule has 0 unspecified atom stereocenters. The van der Waals surface area contributed by atoms with Crippen LogP contribution in [0.5, 0.6) is 0 Å². The maximum absolute atomic E-state index is 9.09. The number of rotatable bonds is 5. The van der Waals surface area contributed by atoms with Gasteiger partial charge in [0, 0.05) is 5.75 Å². The van der Waals surface area contributed by atoms with Gasteiger partial charge in [-0.1, -0.05) is 59.1 Å². The summed E-state index contributed by atoms with van der Waals surface area (Å²) in [5.41, 5.74) is 1.54. The minimum absolute atomic E-state index is 0.509. The lowest BCUT2D eigenvalue weighted by atomic mass is 9.80. The molecule has 2 rings (SSSR count). The van der Waals surface area contributed by atoms with Crippen molar-refractivity contribution in [2.45, 2.75) is 14.4 Å². The molecule has 1 aromatic carbocycles. The zero-order valence-corrected chi connectivity index (χ0v) is 12.1. The van der Waals surface area contributed by atoms with Crippen LogP contribution in [0.2, 0.25) is 0 Å². The molecule has 0 amide bonds. The first-order chi connectivity index (χ1) is 8.69. The van der Waals surface area contributed by atoms with Crippen LogP contribution in [-0.4, -0.2) is 33.6 Å². The van der Waals surface area contributed by atoms with Crippen LogP contribution < -0.4 is 5.46 Å². The molecule has 94 valence electrons.